The molecule has 0 aliphatic carbocycles. The third kappa shape index (κ3) is 2.73. The summed E-state index contributed by atoms with van der Waals surface area (Å²) in [6.45, 7) is 3.76. The molecule has 0 radical (unpaired) electrons. The molecule has 0 aliphatic heterocycles. The Bertz CT molecular complexity index is 563. The molecule has 1 aromatic carbocycles. The monoisotopic (exact) mass is 265 g/mol. The molecule has 0 spiro atoms. The van der Waals surface area contributed by atoms with Crippen LogP contribution in [0.4, 0.5) is 4.39 Å². The predicted molar refractivity (Wildman–Crippen MR) is 71.1 cm³/mol. The summed E-state index contributed by atoms with van der Waals surface area (Å²) in [5, 5.41) is 5.15. The molecule has 3 nitrogen and oxygen atoms in total. The first-order valence-electron chi connectivity index (χ1n) is 5.71. The van der Waals surface area contributed by atoms with Crippen LogP contribution in [0.1, 0.15) is 24.2 Å². The summed E-state index contributed by atoms with van der Waals surface area (Å²) in [5.74, 6) is -0.242. The Labute approximate surface area is 110 Å². The topological polar surface area (TPSA) is 43.8 Å². The molecular formula is C13H16FN3S. The van der Waals surface area contributed by atoms with Crippen LogP contribution in [0.2, 0.25) is 0 Å². The minimum absolute atomic E-state index is 0.155. The van der Waals surface area contributed by atoms with Gasteiger partial charge < -0.3 is 5.73 Å². The van der Waals surface area contributed by atoms with Crippen LogP contribution in [0.3, 0.4) is 0 Å². The minimum atomic E-state index is -0.242. The van der Waals surface area contributed by atoms with Crippen LogP contribution in [0.5, 0.6) is 0 Å². The van der Waals surface area contributed by atoms with Gasteiger partial charge >= 0.3 is 0 Å². The lowest BCUT2D eigenvalue weighted by Crippen LogP contribution is -2.05. The van der Waals surface area contributed by atoms with Crippen molar-refractivity contribution in [2.75, 3.05) is 0 Å². The van der Waals surface area contributed by atoms with Gasteiger partial charge in [-0.05, 0) is 37.6 Å². The second kappa shape index (κ2) is 5.12. The number of aromatic nitrogens is 2. The van der Waals surface area contributed by atoms with Crippen molar-refractivity contribution < 1.29 is 4.39 Å². The van der Waals surface area contributed by atoms with Crippen LogP contribution in [0.25, 0.3) is 0 Å². The average Bonchev–Trinajstić information content (AvgIpc) is 2.60. The summed E-state index contributed by atoms with van der Waals surface area (Å²) in [5.41, 5.74) is 7.45. The van der Waals surface area contributed by atoms with E-state index in [0.717, 1.165) is 16.3 Å². The molecule has 2 rings (SSSR count). The lowest BCUT2D eigenvalue weighted by Gasteiger charge is -2.08. The molecule has 1 aromatic heterocycles. The van der Waals surface area contributed by atoms with Crippen LogP contribution in [0.15, 0.2) is 34.2 Å². The van der Waals surface area contributed by atoms with E-state index in [1.165, 1.54) is 17.8 Å². The number of benzene rings is 1. The third-order valence-electron chi connectivity index (χ3n) is 2.66. The summed E-state index contributed by atoms with van der Waals surface area (Å²) in [4.78, 5) is 0.586. The Hall–Kier alpha value is -1.33. The molecular weight excluding hydrogens is 249 g/mol. The molecule has 2 aromatic rings. The van der Waals surface area contributed by atoms with Gasteiger partial charge in [-0.25, -0.2) is 4.39 Å². The summed E-state index contributed by atoms with van der Waals surface area (Å²) in [6, 6.07) is 6.90. The standard InChI is InChI=1S/C13H16FN3S/c1-8-6-13(17(3)16-8)18-12-5-4-10(9(2)15)7-11(12)14/h4-7,9H,15H2,1-3H3/t9-/m1/s1. The van der Waals surface area contributed by atoms with E-state index in [-0.39, 0.29) is 11.9 Å². The maximum atomic E-state index is 13.9. The van der Waals surface area contributed by atoms with Crippen molar-refractivity contribution in [1.82, 2.24) is 9.78 Å². The number of rotatable bonds is 3. The molecule has 0 bridgehead atoms. The van der Waals surface area contributed by atoms with E-state index in [4.69, 9.17) is 5.73 Å². The molecule has 1 atom stereocenters. The van der Waals surface area contributed by atoms with Crippen LogP contribution in [0, 0.1) is 12.7 Å². The molecule has 18 heavy (non-hydrogen) atoms. The fourth-order valence-electron chi connectivity index (χ4n) is 1.68. The molecule has 0 amide bonds. The molecule has 0 unspecified atom stereocenters. The number of hydrogen-bond donors (Lipinski definition) is 1. The van der Waals surface area contributed by atoms with Crippen LogP contribution < -0.4 is 5.73 Å². The van der Waals surface area contributed by atoms with Crippen LogP contribution in [-0.2, 0) is 7.05 Å². The van der Waals surface area contributed by atoms with E-state index in [9.17, 15) is 4.39 Å². The van der Waals surface area contributed by atoms with E-state index in [1.807, 2.05) is 33.0 Å². The number of aryl methyl sites for hydroxylation is 2. The molecule has 0 saturated carbocycles. The smallest absolute Gasteiger partial charge is 0.137 e. The molecule has 2 N–H and O–H groups in total. The molecule has 0 fully saturated rings. The Morgan fingerprint density at radius 3 is 2.61 bits per heavy atom. The van der Waals surface area contributed by atoms with E-state index in [1.54, 1.807) is 10.7 Å². The van der Waals surface area contributed by atoms with E-state index >= 15 is 0 Å². The minimum Gasteiger partial charge on any atom is -0.324 e. The Morgan fingerprint density at radius 2 is 2.11 bits per heavy atom. The second-order valence-corrected chi connectivity index (χ2v) is 5.39. The van der Waals surface area contributed by atoms with Crippen molar-refractivity contribution in [2.24, 2.45) is 12.8 Å². The summed E-state index contributed by atoms with van der Waals surface area (Å²) >= 11 is 1.37. The second-order valence-electron chi connectivity index (χ2n) is 4.33. The zero-order valence-electron chi connectivity index (χ0n) is 10.6. The van der Waals surface area contributed by atoms with E-state index in [2.05, 4.69) is 5.10 Å². The quantitative estimate of drug-likeness (QED) is 0.927. The van der Waals surface area contributed by atoms with Gasteiger partial charge in [0.25, 0.3) is 0 Å². The number of nitrogens with zero attached hydrogens (tertiary/aromatic N) is 2. The van der Waals surface area contributed by atoms with E-state index in [0.29, 0.717) is 4.90 Å². The maximum Gasteiger partial charge on any atom is 0.137 e. The van der Waals surface area contributed by atoms with Gasteiger partial charge in [-0.3, -0.25) is 4.68 Å². The third-order valence-corrected chi connectivity index (χ3v) is 3.80. The highest BCUT2D eigenvalue weighted by molar-refractivity contribution is 7.99. The highest BCUT2D eigenvalue weighted by atomic mass is 32.2. The predicted octanol–water partition coefficient (Wildman–Crippen LogP) is 3.04. The number of halogens is 1. The van der Waals surface area contributed by atoms with Crippen molar-refractivity contribution in [3.05, 3.63) is 41.3 Å². The van der Waals surface area contributed by atoms with Crippen molar-refractivity contribution in [1.29, 1.82) is 0 Å². The van der Waals surface area contributed by atoms with Gasteiger partial charge in [0.1, 0.15) is 5.82 Å². The van der Waals surface area contributed by atoms with Gasteiger partial charge in [0.05, 0.1) is 10.7 Å². The Balaban J connectivity index is 2.27. The lowest BCUT2D eigenvalue weighted by atomic mass is 10.1. The number of nitrogens with two attached hydrogens (primary N) is 1. The van der Waals surface area contributed by atoms with Crippen LogP contribution >= 0.6 is 11.8 Å². The fraction of sp³-hybridized carbons (Fsp3) is 0.308. The van der Waals surface area contributed by atoms with Gasteiger partial charge in [-0.1, -0.05) is 17.8 Å². The molecule has 1 heterocycles. The number of hydrogen-bond acceptors (Lipinski definition) is 3. The SMILES string of the molecule is Cc1cc(Sc2ccc([C@@H](C)N)cc2F)n(C)n1. The zero-order valence-corrected chi connectivity index (χ0v) is 11.5. The molecule has 96 valence electrons. The zero-order chi connectivity index (χ0) is 13.3. The largest absolute Gasteiger partial charge is 0.324 e. The van der Waals surface area contributed by atoms with Crippen molar-refractivity contribution >= 4 is 11.8 Å². The maximum absolute atomic E-state index is 13.9. The summed E-state index contributed by atoms with van der Waals surface area (Å²) in [6.07, 6.45) is 0. The van der Waals surface area contributed by atoms with Gasteiger partial charge in [0, 0.05) is 18.0 Å². The van der Waals surface area contributed by atoms with Crippen molar-refractivity contribution in [3.8, 4) is 0 Å². The lowest BCUT2D eigenvalue weighted by molar-refractivity contribution is 0.596. The Kier molecular flexibility index (Phi) is 3.73. The van der Waals surface area contributed by atoms with Crippen LogP contribution in [-0.4, -0.2) is 9.78 Å². The van der Waals surface area contributed by atoms with Gasteiger partial charge in [-0.2, -0.15) is 5.10 Å². The summed E-state index contributed by atoms with van der Waals surface area (Å²) in [7, 11) is 1.85. The first-order chi connectivity index (χ1) is 8.47. The highest BCUT2D eigenvalue weighted by Crippen LogP contribution is 2.31. The summed E-state index contributed by atoms with van der Waals surface area (Å²) < 4.78 is 15.7. The molecule has 0 saturated heterocycles. The van der Waals surface area contributed by atoms with Gasteiger partial charge in [0.15, 0.2) is 0 Å². The fourth-order valence-corrected chi connectivity index (χ4v) is 2.60. The Morgan fingerprint density at radius 1 is 1.39 bits per heavy atom. The first-order valence-corrected chi connectivity index (χ1v) is 6.52. The van der Waals surface area contributed by atoms with Gasteiger partial charge in [-0.15, -0.1) is 0 Å². The van der Waals surface area contributed by atoms with E-state index < -0.39 is 0 Å². The van der Waals surface area contributed by atoms with Crippen molar-refractivity contribution in [3.63, 3.8) is 0 Å². The highest BCUT2D eigenvalue weighted by Gasteiger charge is 2.10. The first kappa shape index (κ1) is 13.1. The van der Waals surface area contributed by atoms with Crippen molar-refractivity contribution in [2.45, 2.75) is 29.8 Å². The molecule has 0 aliphatic rings. The van der Waals surface area contributed by atoms with Gasteiger partial charge in [0.2, 0.25) is 0 Å². The average molecular weight is 265 g/mol. The molecule has 5 heteroatoms. The normalized spacial score (nSPS) is 12.7.